The molecule has 2 aromatic carbocycles. The molecule has 0 aliphatic carbocycles. The number of allylic oxidation sites excluding steroid dienone is 1. The molecule has 0 aliphatic heterocycles. The Hall–Kier alpha value is -2.50. The molecule has 0 saturated heterocycles. The minimum absolute atomic E-state index is 0.0917. The smallest absolute Gasteiger partial charge is 0.260 e. The maximum absolute atomic E-state index is 12.4. The number of hydrogen-bond donors (Lipinski definition) is 0. The minimum atomic E-state index is -0.259. The van der Waals surface area contributed by atoms with Gasteiger partial charge in [-0.1, -0.05) is 48.8 Å². The van der Waals surface area contributed by atoms with Gasteiger partial charge in [-0.3, -0.25) is 9.59 Å². The van der Waals surface area contributed by atoms with Crippen LogP contribution in [0, 0.1) is 0 Å². The summed E-state index contributed by atoms with van der Waals surface area (Å²) in [4.78, 5) is 26.3. The van der Waals surface area contributed by atoms with Crippen LogP contribution in [0.3, 0.4) is 0 Å². The van der Waals surface area contributed by atoms with Gasteiger partial charge < -0.3 is 14.4 Å². The Labute approximate surface area is 187 Å². The van der Waals surface area contributed by atoms with Crippen molar-refractivity contribution in [2.45, 2.75) is 19.8 Å². The molecular weight excluding hydrogens is 425 g/mol. The molecule has 0 radical (unpaired) electrons. The second-order valence-corrected chi connectivity index (χ2v) is 7.48. The van der Waals surface area contributed by atoms with Crippen molar-refractivity contribution in [1.29, 1.82) is 0 Å². The van der Waals surface area contributed by atoms with Gasteiger partial charge in [0.15, 0.2) is 12.4 Å². The average molecular weight is 450 g/mol. The number of ether oxygens (including phenoxy) is 2. The van der Waals surface area contributed by atoms with Crippen LogP contribution < -0.4 is 9.47 Å². The fourth-order valence-corrected chi connectivity index (χ4v) is 3.09. The number of likely N-dealkylation sites (N-methyl/N-ethyl adjacent to an activating group) is 1. The van der Waals surface area contributed by atoms with Gasteiger partial charge in [0.1, 0.15) is 16.5 Å². The Kier molecular flexibility index (Phi) is 8.75. The number of benzene rings is 2. The number of methoxy groups -OCH3 is 1. The number of nitrogens with zero attached hydrogens (tertiary/aromatic N) is 1. The second-order valence-electron chi connectivity index (χ2n) is 6.73. The van der Waals surface area contributed by atoms with E-state index >= 15 is 0 Å². The van der Waals surface area contributed by atoms with Crippen molar-refractivity contribution in [2.24, 2.45) is 0 Å². The van der Waals surface area contributed by atoms with Crippen LogP contribution in [0.15, 0.2) is 48.6 Å². The first kappa shape index (κ1) is 23.8. The van der Waals surface area contributed by atoms with E-state index in [9.17, 15) is 9.59 Å². The van der Waals surface area contributed by atoms with Crippen LogP contribution >= 0.6 is 23.2 Å². The van der Waals surface area contributed by atoms with Gasteiger partial charge in [0.2, 0.25) is 0 Å². The number of halogens is 2. The first-order valence-electron chi connectivity index (χ1n) is 9.48. The van der Waals surface area contributed by atoms with Crippen molar-refractivity contribution < 1.29 is 19.1 Å². The standard InChI is InChI=1S/C23H25Cl2NO4/c1-5-15(2)23(28)18-10-11-19(22(25)21(18)24)30-14-20(27)26(3)13-12-16-6-8-17(29-4)9-7-16/h6-11H,2,5,12-14H2,1,3-4H3. The molecule has 0 fully saturated rings. The lowest BCUT2D eigenvalue weighted by Crippen LogP contribution is -2.33. The lowest BCUT2D eigenvalue weighted by molar-refractivity contribution is -0.132. The van der Waals surface area contributed by atoms with Gasteiger partial charge in [-0.05, 0) is 48.2 Å². The highest BCUT2D eigenvalue weighted by molar-refractivity contribution is 6.45. The molecule has 0 saturated carbocycles. The predicted molar refractivity (Wildman–Crippen MR) is 120 cm³/mol. The van der Waals surface area contributed by atoms with E-state index in [0.717, 1.165) is 11.3 Å². The quantitative estimate of drug-likeness (QED) is 0.368. The molecule has 30 heavy (non-hydrogen) atoms. The lowest BCUT2D eigenvalue weighted by Gasteiger charge is -2.18. The Morgan fingerprint density at radius 2 is 1.73 bits per heavy atom. The molecular formula is C23H25Cl2NO4. The summed E-state index contributed by atoms with van der Waals surface area (Å²) in [6, 6.07) is 10.8. The third-order valence-corrected chi connectivity index (χ3v) is 5.58. The lowest BCUT2D eigenvalue weighted by atomic mass is 10.0. The zero-order valence-corrected chi connectivity index (χ0v) is 18.8. The number of carbonyl (C=O) groups is 2. The first-order valence-corrected chi connectivity index (χ1v) is 10.2. The zero-order valence-electron chi connectivity index (χ0n) is 17.3. The van der Waals surface area contributed by atoms with E-state index in [4.69, 9.17) is 32.7 Å². The van der Waals surface area contributed by atoms with Crippen LogP contribution in [0.4, 0.5) is 0 Å². The molecule has 0 unspecified atom stereocenters. The molecule has 0 aromatic heterocycles. The summed E-state index contributed by atoms with van der Waals surface area (Å²) in [6.07, 6.45) is 1.22. The molecule has 0 spiro atoms. The molecule has 0 N–H and O–H groups in total. The number of hydrogen-bond acceptors (Lipinski definition) is 4. The number of carbonyl (C=O) groups excluding carboxylic acids is 2. The van der Waals surface area contributed by atoms with Crippen molar-refractivity contribution >= 4 is 34.9 Å². The Balaban J connectivity index is 1.93. The van der Waals surface area contributed by atoms with E-state index in [0.29, 0.717) is 25.0 Å². The summed E-state index contributed by atoms with van der Waals surface area (Å²) < 4.78 is 10.7. The maximum atomic E-state index is 12.4. The number of amides is 1. The highest BCUT2D eigenvalue weighted by atomic mass is 35.5. The highest BCUT2D eigenvalue weighted by Crippen LogP contribution is 2.35. The van der Waals surface area contributed by atoms with E-state index in [-0.39, 0.29) is 39.7 Å². The van der Waals surface area contributed by atoms with Crippen LogP contribution in [0.1, 0.15) is 29.3 Å². The molecule has 2 aromatic rings. The third-order valence-electron chi connectivity index (χ3n) is 4.71. The first-order chi connectivity index (χ1) is 14.3. The molecule has 1 amide bonds. The van der Waals surface area contributed by atoms with Crippen LogP contribution in [-0.2, 0) is 11.2 Å². The molecule has 160 valence electrons. The van der Waals surface area contributed by atoms with Crippen LogP contribution in [0.2, 0.25) is 10.0 Å². The topological polar surface area (TPSA) is 55.8 Å². The largest absolute Gasteiger partial charge is 0.497 e. The monoisotopic (exact) mass is 449 g/mol. The van der Waals surface area contributed by atoms with Crippen molar-refractivity contribution in [1.82, 2.24) is 4.90 Å². The van der Waals surface area contributed by atoms with Gasteiger partial charge in [0.05, 0.1) is 12.1 Å². The van der Waals surface area contributed by atoms with Crippen LogP contribution in [0.5, 0.6) is 11.5 Å². The predicted octanol–water partition coefficient (Wildman–Crippen LogP) is 5.23. The summed E-state index contributed by atoms with van der Waals surface area (Å²) in [5.41, 5.74) is 1.80. The molecule has 7 heteroatoms. The van der Waals surface area contributed by atoms with Crippen molar-refractivity contribution in [2.75, 3.05) is 27.3 Å². The van der Waals surface area contributed by atoms with E-state index < -0.39 is 0 Å². The van der Waals surface area contributed by atoms with E-state index in [1.165, 1.54) is 12.1 Å². The molecule has 0 bridgehead atoms. The van der Waals surface area contributed by atoms with Gasteiger partial charge >= 0.3 is 0 Å². The number of rotatable bonds is 10. The second kappa shape index (κ2) is 11.0. The molecule has 2 rings (SSSR count). The van der Waals surface area contributed by atoms with Crippen molar-refractivity contribution in [3.63, 3.8) is 0 Å². The van der Waals surface area contributed by atoms with Gasteiger partial charge in [-0.2, -0.15) is 0 Å². The Morgan fingerprint density at radius 1 is 1.07 bits per heavy atom. The Morgan fingerprint density at radius 3 is 2.33 bits per heavy atom. The number of Topliss-reactive ketones (excluding diaryl/α,β-unsaturated/α-hetero) is 1. The Bertz CT molecular complexity index is 926. The summed E-state index contributed by atoms with van der Waals surface area (Å²) in [5.74, 6) is 0.580. The highest BCUT2D eigenvalue weighted by Gasteiger charge is 2.19. The molecule has 0 atom stereocenters. The van der Waals surface area contributed by atoms with Gasteiger partial charge in [0.25, 0.3) is 5.91 Å². The minimum Gasteiger partial charge on any atom is -0.497 e. The van der Waals surface area contributed by atoms with Crippen LogP contribution in [0.25, 0.3) is 0 Å². The number of ketones is 1. The molecule has 5 nitrogen and oxygen atoms in total. The summed E-state index contributed by atoms with van der Waals surface area (Å²) >= 11 is 12.5. The summed E-state index contributed by atoms with van der Waals surface area (Å²) in [5, 5.41) is 0.189. The van der Waals surface area contributed by atoms with Crippen LogP contribution in [-0.4, -0.2) is 43.9 Å². The zero-order chi connectivity index (χ0) is 22.3. The molecule has 0 aliphatic rings. The normalized spacial score (nSPS) is 10.4. The molecule has 0 heterocycles. The van der Waals surface area contributed by atoms with Crippen molar-refractivity contribution in [3.8, 4) is 11.5 Å². The fraction of sp³-hybridized carbons (Fsp3) is 0.304. The SMILES string of the molecule is C=C(CC)C(=O)c1ccc(OCC(=O)N(C)CCc2ccc(OC)cc2)c(Cl)c1Cl. The summed E-state index contributed by atoms with van der Waals surface area (Å²) in [7, 11) is 3.33. The summed E-state index contributed by atoms with van der Waals surface area (Å²) in [6.45, 7) is 5.91. The third kappa shape index (κ3) is 6.00. The van der Waals surface area contributed by atoms with E-state index in [2.05, 4.69) is 6.58 Å². The van der Waals surface area contributed by atoms with E-state index in [1.807, 2.05) is 31.2 Å². The van der Waals surface area contributed by atoms with Crippen molar-refractivity contribution in [3.05, 3.63) is 69.7 Å². The van der Waals surface area contributed by atoms with Gasteiger partial charge in [-0.25, -0.2) is 0 Å². The maximum Gasteiger partial charge on any atom is 0.260 e. The van der Waals surface area contributed by atoms with Gasteiger partial charge in [-0.15, -0.1) is 0 Å². The average Bonchev–Trinajstić information content (AvgIpc) is 2.77. The van der Waals surface area contributed by atoms with Gasteiger partial charge in [0, 0.05) is 19.2 Å². The fourth-order valence-electron chi connectivity index (χ4n) is 2.63. The van der Waals surface area contributed by atoms with E-state index in [1.54, 1.807) is 19.1 Å².